The van der Waals surface area contributed by atoms with Gasteiger partial charge in [-0.3, -0.25) is 9.59 Å². The lowest BCUT2D eigenvalue weighted by Crippen LogP contribution is -2.32. The molecule has 0 aromatic heterocycles. The topological polar surface area (TPSA) is 37.4 Å². The second kappa shape index (κ2) is 6.18. The maximum atomic E-state index is 12.3. The van der Waals surface area contributed by atoms with Gasteiger partial charge in [0.05, 0.1) is 5.56 Å². The van der Waals surface area contributed by atoms with Crippen LogP contribution in [0.15, 0.2) is 18.2 Å². The van der Waals surface area contributed by atoms with Gasteiger partial charge in [-0.05, 0) is 25.8 Å². The molecule has 1 rings (SSSR count). The monoisotopic (exact) mass is 233 g/mol. The zero-order valence-electron chi connectivity index (χ0n) is 10.7. The highest BCUT2D eigenvalue weighted by Gasteiger charge is 2.19. The molecule has 0 radical (unpaired) electrons. The summed E-state index contributed by atoms with van der Waals surface area (Å²) in [6, 6.07) is 5.42. The van der Waals surface area contributed by atoms with Crippen molar-refractivity contribution in [1.29, 1.82) is 0 Å². The van der Waals surface area contributed by atoms with Crippen molar-refractivity contribution < 1.29 is 9.59 Å². The summed E-state index contributed by atoms with van der Waals surface area (Å²) < 4.78 is 0. The van der Waals surface area contributed by atoms with Gasteiger partial charge in [0.1, 0.15) is 0 Å². The van der Waals surface area contributed by atoms with Crippen LogP contribution < -0.4 is 0 Å². The Morgan fingerprint density at radius 2 is 1.88 bits per heavy atom. The number of benzene rings is 1. The highest BCUT2D eigenvalue weighted by atomic mass is 16.2. The third kappa shape index (κ3) is 2.73. The highest BCUT2D eigenvalue weighted by molar-refractivity contribution is 6.02. The van der Waals surface area contributed by atoms with Gasteiger partial charge in [0.15, 0.2) is 6.29 Å². The average Bonchev–Trinajstić information content (AvgIpc) is 2.38. The van der Waals surface area contributed by atoms with E-state index in [2.05, 4.69) is 0 Å². The molecule has 0 atom stereocenters. The lowest BCUT2D eigenvalue weighted by atomic mass is 9.98. The van der Waals surface area contributed by atoms with Crippen LogP contribution in [0.3, 0.4) is 0 Å². The number of hydrogen-bond acceptors (Lipinski definition) is 2. The Morgan fingerprint density at radius 1 is 1.24 bits per heavy atom. The number of aryl methyl sites for hydroxylation is 1. The molecule has 0 saturated heterocycles. The Labute approximate surface area is 102 Å². The molecule has 0 fully saturated rings. The summed E-state index contributed by atoms with van der Waals surface area (Å²) in [5.41, 5.74) is 1.99. The van der Waals surface area contributed by atoms with E-state index in [9.17, 15) is 9.59 Å². The molecule has 0 bridgehead atoms. The van der Waals surface area contributed by atoms with E-state index in [0.29, 0.717) is 24.2 Å². The van der Waals surface area contributed by atoms with Crippen LogP contribution in [0, 0.1) is 0 Å². The van der Waals surface area contributed by atoms with Gasteiger partial charge in [0.2, 0.25) is 0 Å². The SMILES string of the molecule is CCc1cccc(C=O)c1C(=O)N(CC)CC. The Kier molecular flexibility index (Phi) is 4.88. The molecule has 0 spiro atoms. The summed E-state index contributed by atoms with van der Waals surface area (Å²) >= 11 is 0. The number of amides is 1. The van der Waals surface area contributed by atoms with Gasteiger partial charge in [0.25, 0.3) is 5.91 Å². The second-order valence-electron chi connectivity index (χ2n) is 3.83. The molecule has 1 amide bonds. The molecule has 1 aromatic carbocycles. The molecule has 0 aliphatic carbocycles. The third-order valence-corrected chi connectivity index (χ3v) is 2.96. The van der Waals surface area contributed by atoms with Crippen LogP contribution in [0.5, 0.6) is 0 Å². The first kappa shape index (κ1) is 13.4. The number of carbonyl (C=O) groups excluding carboxylic acids is 2. The molecule has 0 aliphatic heterocycles. The van der Waals surface area contributed by atoms with Crippen LogP contribution in [0.1, 0.15) is 47.1 Å². The first-order valence-electron chi connectivity index (χ1n) is 6.05. The molecule has 0 unspecified atom stereocenters. The largest absolute Gasteiger partial charge is 0.339 e. The van der Waals surface area contributed by atoms with E-state index in [-0.39, 0.29) is 5.91 Å². The minimum Gasteiger partial charge on any atom is -0.339 e. The van der Waals surface area contributed by atoms with Gasteiger partial charge in [-0.2, -0.15) is 0 Å². The molecule has 92 valence electrons. The molecule has 0 heterocycles. The van der Waals surface area contributed by atoms with Crippen LogP contribution >= 0.6 is 0 Å². The number of aldehydes is 1. The van der Waals surface area contributed by atoms with Crippen LogP contribution in [0.25, 0.3) is 0 Å². The van der Waals surface area contributed by atoms with E-state index in [4.69, 9.17) is 0 Å². The van der Waals surface area contributed by atoms with E-state index in [1.807, 2.05) is 32.9 Å². The van der Waals surface area contributed by atoms with Crippen molar-refractivity contribution in [2.24, 2.45) is 0 Å². The number of nitrogens with zero attached hydrogens (tertiary/aromatic N) is 1. The summed E-state index contributed by atoms with van der Waals surface area (Å²) in [6.45, 7) is 7.19. The fourth-order valence-electron chi connectivity index (χ4n) is 1.94. The van der Waals surface area contributed by atoms with Gasteiger partial charge < -0.3 is 4.90 Å². The Morgan fingerprint density at radius 3 is 2.35 bits per heavy atom. The number of hydrogen-bond donors (Lipinski definition) is 0. The van der Waals surface area contributed by atoms with Crippen molar-refractivity contribution in [3.8, 4) is 0 Å². The zero-order chi connectivity index (χ0) is 12.8. The number of rotatable bonds is 5. The summed E-state index contributed by atoms with van der Waals surface area (Å²) in [5.74, 6) is -0.0467. The predicted molar refractivity (Wildman–Crippen MR) is 68.5 cm³/mol. The normalized spacial score (nSPS) is 10.1. The van der Waals surface area contributed by atoms with E-state index < -0.39 is 0 Å². The van der Waals surface area contributed by atoms with E-state index in [1.54, 1.807) is 11.0 Å². The summed E-state index contributed by atoms with van der Waals surface area (Å²) in [5, 5.41) is 0. The van der Waals surface area contributed by atoms with Crippen molar-refractivity contribution in [3.63, 3.8) is 0 Å². The minimum atomic E-state index is -0.0467. The molecule has 1 aromatic rings. The molecule has 3 nitrogen and oxygen atoms in total. The van der Waals surface area contributed by atoms with Crippen molar-refractivity contribution >= 4 is 12.2 Å². The zero-order valence-corrected chi connectivity index (χ0v) is 10.7. The maximum absolute atomic E-state index is 12.3. The molecule has 0 N–H and O–H groups in total. The average molecular weight is 233 g/mol. The summed E-state index contributed by atoms with van der Waals surface area (Å²) in [4.78, 5) is 25.1. The maximum Gasteiger partial charge on any atom is 0.254 e. The lowest BCUT2D eigenvalue weighted by Gasteiger charge is -2.21. The quantitative estimate of drug-likeness (QED) is 0.733. The van der Waals surface area contributed by atoms with E-state index >= 15 is 0 Å². The number of carbonyl (C=O) groups is 2. The smallest absolute Gasteiger partial charge is 0.254 e. The third-order valence-electron chi connectivity index (χ3n) is 2.96. The van der Waals surface area contributed by atoms with Gasteiger partial charge in [-0.1, -0.05) is 25.1 Å². The fraction of sp³-hybridized carbons (Fsp3) is 0.429. The van der Waals surface area contributed by atoms with Gasteiger partial charge in [-0.15, -0.1) is 0 Å². The summed E-state index contributed by atoms with van der Waals surface area (Å²) in [6.07, 6.45) is 1.51. The first-order valence-corrected chi connectivity index (χ1v) is 6.05. The van der Waals surface area contributed by atoms with E-state index in [1.165, 1.54) is 0 Å². The van der Waals surface area contributed by atoms with Crippen molar-refractivity contribution in [2.75, 3.05) is 13.1 Å². The Balaban J connectivity index is 3.27. The van der Waals surface area contributed by atoms with Gasteiger partial charge in [0, 0.05) is 18.7 Å². The van der Waals surface area contributed by atoms with E-state index in [0.717, 1.165) is 18.3 Å². The molecule has 17 heavy (non-hydrogen) atoms. The molecule has 0 aliphatic rings. The van der Waals surface area contributed by atoms with Crippen molar-refractivity contribution in [2.45, 2.75) is 27.2 Å². The van der Waals surface area contributed by atoms with Crippen LogP contribution in [0.2, 0.25) is 0 Å². The van der Waals surface area contributed by atoms with Crippen molar-refractivity contribution in [3.05, 3.63) is 34.9 Å². The molecule has 3 heteroatoms. The van der Waals surface area contributed by atoms with Crippen LogP contribution in [-0.4, -0.2) is 30.2 Å². The van der Waals surface area contributed by atoms with Crippen molar-refractivity contribution in [1.82, 2.24) is 4.90 Å². The van der Waals surface area contributed by atoms with Crippen LogP contribution in [0.4, 0.5) is 0 Å². The Bertz CT molecular complexity index is 409. The lowest BCUT2D eigenvalue weighted by molar-refractivity contribution is 0.0769. The molecular weight excluding hydrogens is 214 g/mol. The first-order chi connectivity index (χ1) is 8.19. The molecule has 0 saturated carbocycles. The Hall–Kier alpha value is -1.64. The second-order valence-corrected chi connectivity index (χ2v) is 3.83. The highest BCUT2D eigenvalue weighted by Crippen LogP contribution is 2.16. The summed E-state index contributed by atoms with van der Waals surface area (Å²) in [7, 11) is 0. The minimum absolute atomic E-state index is 0.0467. The molecular formula is C14H19NO2. The fourth-order valence-corrected chi connectivity index (χ4v) is 1.94. The standard InChI is InChI=1S/C14H19NO2/c1-4-11-8-7-9-12(10-16)13(11)14(17)15(5-2)6-3/h7-10H,4-6H2,1-3H3. The van der Waals surface area contributed by atoms with Gasteiger partial charge in [-0.25, -0.2) is 0 Å². The van der Waals surface area contributed by atoms with Crippen LogP contribution in [-0.2, 0) is 6.42 Å². The van der Waals surface area contributed by atoms with Gasteiger partial charge >= 0.3 is 0 Å². The predicted octanol–water partition coefficient (Wildman–Crippen LogP) is 2.54.